The van der Waals surface area contributed by atoms with E-state index in [1.807, 2.05) is 6.92 Å². The number of aromatic amines is 1. The summed E-state index contributed by atoms with van der Waals surface area (Å²) in [6, 6.07) is 0. The molecule has 2 aromatic rings. The highest BCUT2D eigenvalue weighted by Gasteiger charge is 2.28. The van der Waals surface area contributed by atoms with Gasteiger partial charge in [-0.15, -0.1) is 5.10 Å². The van der Waals surface area contributed by atoms with E-state index in [0.717, 1.165) is 12.8 Å². The minimum Gasteiger partial charge on any atom is -0.493 e. The van der Waals surface area contributed by atoms with Crippen molar-refractivity contribution in [3.05, 3.63) is 21.7 Å². The Morgan fingerprint density at radius 3 is 2.94 bits per heavy atom. The lowest BCUT2D eigenvalue weighted by molar-refractivity contribution is 0.426. The molecule has 0 atom stereocenters. The Balaban J connectivity index is 2.29. The van der Waals surface area contributed by atoms with E-state index in [1.165, 1.54) is 4.52 Å². The molecule has 0 bridgehead atoms. The molecule has 1 fully saturated rings. The molecule has 6 heteroatoms. The van der Waals surface area contributed by atoms with Crippen molar-refractivity contribution < 1.29 is 5.11 Å². The second kappa shape index (κ2) is 3.07. The highest BCUT2D eigenvalue weighted by Crippen LogP contribution is 2.38. The number of rotatable bonds is 2. The highest BCUT2D eigenvalue weighted by atomic mass is 16.3. The molecule has 1 aliphatic rings. The first-order chi connectivity index (χ1) is 7.70. The first-order valence-corrected chi connectivity index (χ1v) is 5.41. The molecular formula is C10H12N4O2. The molecule has 2 aromatic heterocycles. The molecule has 1 aliphatic carbocycles. The lowest BCUT2D eigenvalue weighted by atomic mass is 10.2. The number of H-pyrrole nitrogens is 1. The van der Waals surface area contributed by atoms with E-state index in [2.05, 4.69) is 15.1 Å². The third-order valence-electron chi connectivity index (χ3n) is 2.89. The van der Waals surface area contributed by atoms with E-state index in [1.54, 1.807) is 0 Å². The second-order valence-electron chi connectivity index (χ2n) is 4.09. The second-order valence-corrected chi connectivity index (χ2v) is 4.09. The number of nitrogens with zero attached hydrogens (tertiary/aromatic N) is 3. The first kappa shape index (κ1) is 9.38. The topological polar surface area (TPSA) is 83.3 Å². The van der Waals surface area contributed by atoms with Gasteiger partial charge in [0.1, 0.15) is 0 Å². The van der Waals surface area contributed by atoms with Crippen LogP contribution in [0.25, 0.3) is 5.78 Å². The molecule has 84 valence electrons. The fraction of sp³-hybridized carbons (Fsp3) is 0.500. The molecule has 0 radical (unpaired) electrons. The van der Waals surface area contributed by atoms with Gasteiger partial charge in [0.15, 0.2) is 5.82 Å². The van der Waals surface area contributed by atoms with Crippen molar-refractivity contribution in [3.8, 4) is 5.88 Å². The largest absolute Gasteiger partial charge is 0.493 e. The summed E-state index contributed by atoms with van der Waals surface area (Å²) in [5, 5.41) is 14.1. The number of hydrogen-bond donors (Lipinski definition) is 2. The van der Waals surface area contributed by atoms with Gasteiger partial charge in [-0.1, -0.05) is 6.92 Å². The average Bonchev–Trinajstić information content (AvgIpc) is 3.00. The van der Waals surface area contributed by atoms with Crippen LogP contribution in [0.5, 0.6) is 5.88 Å². The zero-order valence-corrected chi connectivity index (χ0v) is 8.90. The SMILES string of the molecule is CCc1c(O)n2nc(C3CC3)nc2[nH]c1=O. The van der Waals surface area contributed by atoms with Gasteiger partial charge < -0.3 is 5.11 Å². The molecule has 1 saturated carbocycles. The molecule has 6 nitrogen and oxygen atoms in total. The van der Waals surface area contributed by atoms with Crippen LogP contribution in [-0.4, -0.2) is 24.7 Å². The Morgan fingerprint density at radius 1 is 1.56 bits per heavy atom. The minimum atomic E-state index is -0.290. The molecule has 2 heterocycles. The summed E-state index contributed by atoms with van der Waals surface area (Å²) in [5.74, 6) is 1.33. The minimum absolute atomic E-state index is 0.0966. The molecule has 0 amide bonds. The molecule has 0 aromatic carbocycles. The quantitative estimate of drug-likeness (QED) is 0.774. The maximum atomic E-state index is 11.6. The van der Waals surface area contributed by atoms with Crippen molar-refractivity contribution >= 4 is 5.78 Å². The first-order valence-electron chi connectivity index (χ1n) is 5.41. The number of aromatic nitrogens is 4. The van der Waals surface area contributed by atoms with Crippen LogP contribution in [0.3, 0.4) is 0 Å². The van der Waals surface area contributed by atoms with Crippen molar-refractivity contribution in [1.29, 1.82) is 0 Å². The molecular weight excluding hydrogens is 208 g/mol. The van der Waals surface area contributed by atoms with Crippen LogP contribution in [0.15, 0.2) is 4.79 Å². The fourth-order valence-corrected chi connectivity index (χ4v) is 1.80. The molecule has 0 aliphatic heterocycles. The van der Waals surface area contributed by atoms with E-state index < -0.39 is 0 Å². The number of aromatic hydroxyl groups is 1. The number of nitrogens with one attached hydrogen (secondary N) is 1. The van der Waals surface area contributed by atoms with Crippen molar-refractivity contribution in [3.63, 3.8) is 0 Å². The van der Waals surface area contributed by atoms with Crippen molar-refractivity contribution in [1.82, 2.24) is 19.6 Å². The van der Waals surface area contributed by atoms with Crippen LogP contribution in [0, 0.1) is 0 Å². The normalized spacial score (nSPS) is 15.8. The summed E-state index contributed by atoms with van der Waals surface area (Å²) >= 11 is 0. The van der Waals surface area contributed by atoms with E-state index in [0.29, 0.717) is 29.5 Å². The van der Waals surface area contributed by atoms with Crippen LogP contribution in [0.4, 0.5) is 0 Å². The Kier molecular flexibility index (Phi) is 1.80. The Hall–Kier alpha value is -1.85. The fourth-order valence-electron chi connectivity index (χ4n) is 1.80. The van der Waals surface area contributed by atoms with Crippen LogP contribution >= 0.6 is 0 Å². The predicted octanol–water partition coefficient (Wildman–Crippen LogP) is 0.563. The summed E-state index contributed by atoms with van der Waals surface area (Å²) in [6.07, 6.45) is 2.64. The smallest absolute Gasteiger partial charge is 0.259 e. The van der Waals surface area contributed by atoms with E-state index >= 15 is 0 Å². The Morgan fingerprint density at radius 2 is 2.31 bits per heavy atom. The van der Waals surface area contributed by atoms with Crippen LogP contribution in [-0.2, 0) is 6.42 Å². The van der Waals surface area contributed by atoms with E-state index in [9.17, 15) is 9.90 Å². The van der Waals surface area contributed by atoms with Gasteiger partial charge in [-0.3, -0.25) is 9.78 Å². The van der Waals surface area contributed by atoms with Gasteiger partial charge >= 0.3 is 0 Å². The zero-order chi connectivity index (χ0) is 11.3. The van der Waals surface area contributed by atoms with Gasteiger partial charge in [-0.05, 0) is 19.3 Å². The van der Waals surface area contributed by atoms with Gasteiger partial charge in [0, 0.05) is 5.92 Å². The Bertz CT molecular complexity index is 609. The summed E-state index contributed by atoms with van der Waals surface area (Å²) in [7, 11) is 0. The summed E-state index contributed by atoms with van der Waals surface area (Å²) in [5.41, 5.74) is 0.0574. The van der Waals surface area contributed by atoms with Gasteiger partial charge in [0.25, 0.3) is 5.56 Å². The summed E-state index contributed by atoms with van der Waals surface area (Å²) in [6.45, 7) is 1.81. The highest BCUT2D eigenvalue weighted by molar-refractivity contribution is 5.36. The molecule has 0 unspecified atom stereocenters. The van der Waals surface area contributed by atoms with Gasteiger partial charge in [0.2, 0.25) is 11.7 Å². The van der Waals surface area contributed by atoms with Crippen LogP contribution < -0.4 is 5.56 Å². The van der Waals surface area contributed by atoms with Gasteiger partial charge in [-0.25, -0.2) is 0 Å². The molecule has 0 saturated heterocycles. The predicted molar refractivity (Wildman–Crippen MR) is 56.6 cm³/mol. The van der Waals surface area contributed by atoms with Gasteiger partial charge in [-0.2, -0.15) is 9.50 Å². The van der Waals surface area contributed by atoms with E-state index in [4.69, 9.17) is 0 Å². The lowest BCUT2D eigenvalue weighted by Gasteiger charge is -2.00. The molecule has 3 rings (SSSR count). The van der Waals surface area contributed by atoms with E-state index in [-0.39, 0.29) is 11.4 Å². The van der Waals surface area contributed by atoms with Crippen molar-refractivity contribution in [2.45, 2.75) is 32.1 Å². The molecule has 16 heavy (non-hydrogen) atoms. The standard InChI is InChI=1S/C10H12N4O2/c1-2-6-8(15)12-10-11-7(5-3-4-5)13-14(10)9(6)16/h5,16H,2-4H2,1H3,(H,11,12,13,15). The van der Waals surface area contributed by atoms with Crippen molar-refractivity contribution in [2.75, 3.05) is 0 Å². The van der Waals surface area contributed by atoms with Gasteiger partial charge in [0.05, 0.1) is 5.56 Å². The average molecular weight is 220 g/mol. The molecule has 0 spiro atoms. The Labute approximate surface area is 91.0 Å². The van der Waals surface area contributed by atoms with Crippen LogP contribution in [0.2, 0.25) is 0 Å². The zero-order valence-electron chi connectivity index (χ0n) is 8.90. The summed E-state index contributed by atoms with van der Waals surface area (Å²) < 4.78 is 1.31. The number of fused-ring (bicyclic) bond motifs is 1. The third-order valence-corrected chi connectivity index (χ3v) is 2.89. The third kappa shape index (κ3) is 1.22. The summed E-state index contributed by atoms with van der Waals surface area (Å²) in [4.78, 5) is 18.4. The van der Waals surface area contributed by atoms with Crippen LogP contribution in [0.1, 0.15) is 37.1 Å². The van der Waals surface area contributed by atoms with Crippen molar-refractivity contribution in [2.24, 2.45) is 0 Å². The monoisotopic (exact) mass is 220 g/mol. The number of hydrogen-bond acceptors (Lipinski definition) is 4. The lowest BCUT2D eigenvalue weighted by Crippen LogP contribution is -2.15. The molecule has 2 N–H and O–H groups in total. The maximum Gasteiger partial charge on any atom is 0.259 e. The maximum absolute atomic E-state index is 11.6.